The van der Waals surface area contributed by atoms with E-state index in [9.17, 15) is 22.4 Å². The van der Waals surface area contributed by atoms with E-state index >= 15 is 0 Å². The Kier molecular flexibility index (Phi) is 4.14. The number of hydrogen-bond acceptors (Lipinski definition) is 3. The van der Waals surface area contributed by atoms with Gasteiger partial charge in [0, 0.05) is 36.0 Å². The van der Waals surface area contributed by atoms with Crippen LogP contribution in [-0.4, -0.2) is 23.6 Å². The third-order valence-electron chi connectivity index (χ3n) is 4.32. The van der Waals surface area contributed by atoms with Crippen LogP contribution in [0.3, 0.4) is 0 Å². The summed E-state index contributed by atoms with van der Waals surface area (Å²) in [5.41, 5.74) is -2.92. The molecule has 1 aliphatic heterocycles. The number of nitrogens with zero attached hydrogens (tertiary/aromatic N) is 1. The molecule has 1 aliphatic rings. The molecule has 1 unspecified atom stereocenters. The highest BCUT2D eigenvalue weighted by atomic mass is 19.4. The average Bonchev–Trinajstić information content (AvgIpc) is 2.57. The fourth-order valence-electron chi connectivity index (χ4n) is 3.05. The summed E-state index contributed by atoms with van der Waals surface area (Å²) < 4.78 is 56.7. The molecule has 0 aliphatic carbocycles. The first-order valence-electron chi connectivity index (χ1n) is 7.65. The summed E-state index contributed by atoms with van der Waals surface area (Å²) in [4.78, 5) is 15.6. The number of aromatic nitrogens is 1. The maximum atomic E-state index is 14.3. The number of anilines is 2. The Morgan fingerprint density at radius 3 is 2.72 bits per heavy atom. The predicted octanol–water partition coefficient (Wildman–Crippen LogP) is 3.65. The third kappa shape index (κ3) is 2.71. The fourth-order valence-corrected chi connectivity index (χ4v) is 3.05. The van der Waals surface area contributed by atoms with Crippen molar-refractivity contribution in [2.45, 2.75) is 24.9 Å². The first kappa shape index (κ1) is 17.2. The van der Waals surface area contributed by atoms with E-state index in [1.807, 2.05) is 0 Å². The van der Waals surface area contributed by atoms with Gasteiger partial charge in [0.2, 0.25) is 5.91 Å². The minimum Gasteiger partial charge on any atom is -0.355 e. The van der Waals surface area contributed by atoms with Gasteiger partial charge in [0.1, 0.15) is 17.1 Å². The van der Waals surface area contributed by atoms with Crippen LogP contribution in [0, 0.1) is 5.82 Å². The van der Waals surface area contributed by atoms with Crippen LogP contribution in [0.25, 0.3) is 0 Å². The lowest BCUT2D eigenvalue weighted by Gasteiger charge is -2.41. The summed E-state index contributed by atoms with van der Waals surface area (Å²) >= 11 is 0. The molecule has 2 heterocycles. The molecule has 1 amide bonds. The summed E-state index contributed by atoms with van der Waals surface area (Å²) in [5, 5.41) is 5.12. The Hall–Kier alpha value is -2.64. The van der Waals surface area contributed by atoms with Crippen LogP contribution < -0.4 is 10.6 Å². The fraction of sp³-hybridized carbons (Fsp3) is 0.294. The van der Waals surface area contributed by atoms with Gasteiger partial charge in [0.05, 0.1) is 0 Å². The number of pyridine rings is 1. The van der Waals surface area contributed by atoms with E-state index in [2.05, 4.69) is 15.6 Å². The van der Waals surface area contributed by atoms with Gasteiger partial charge in [-0.1, -0.05) is 13.0 Å². The second kappa shape index (κ2) is 6.02. The summed E-state index contributed by atoms with van der Waals surface area (Å²) in [6, 6.07) is 5.83. The first-order valence-corrected chi connectivity index (χ1v) is 7.65. The van der Waals surface area contributed by atoms with Gasteiger partial charge in [-0.15, -0.1) is 0 Å². The molecule has 0 fully saturated rings. The van der Waals surface area contributed by atoms with Gasteiger partial charge >= 0.3 is 6.18 Å². The highest BCUT2D eigenvalue weighted by molar-refractivity contribution is 5.78. The topological polar surface area (TPSA) is 54.0 Å². The molecule has 2 N–H and O–H groups in total. The lowest BCUT2D eigenvalue weighted by molar-refractivity contribution is -0.177. The van der Waals surface area contributed by atoms with E-state index in [0.717, 1.165) is 12.1 Å². The highest BCUT2D eigenvalue weighted by Gasteiger charge is 2.60. The highest BCUT2D eigenvalue weighted by Crippen LogP contribution is 2.53. The van der Waals surface area contributed by atoms with Crippen molar-refractivity contribution in [1.29, 1.82) is 0 Å². The summed E-state index contributed by atoms with van der Waals surface area (Å²) in [6.07, 6.45) is -3.37. The normalized spacial score (nSPS) is 18.8. The molecule has 0 saturated carbocycles. The van der Waals surface area contributed by atoms with Crippen molar-refractivity contribution in [3.63, 3.8) is 0 Å². The Balaban J connectivity index is 2.28. The monoisotopic (exact) mass is 353 g/mol. The standard InChI is InChI=1S/C17H15F4N3O/c1-2-14(25)23-9-16(17(19,20)21)11-4-3-7-22-15(11)24-13-6-5-10(18)8-12(13)16/h3-8H,2,9H2,1H3,(H,22,24)(H,23,25). The number of carbonyl (C=O) groups is 1. The van der Waals surface area contributed by atoms with Crippen LogP contribution in [0.2, 0.25) is 0 Å². The van der Waals surface area contributed by atoms with E-state index in [0.29, 0.717) is 0 Å². The lowest BCUT2D eigenvalue weighted by Crippen LogP contribution is -2.53. The van der Waals surface area contributed by atoms with Gasteiger partial charge in [0.25, 0.3) is 0 Å². The number of alkyl halides is 3. The molecule has 0 bridgehead atoms. The molecule has 0 radical (unpaired) electrons. The van der Waals surface area contributed by atoms with Crippen molar-refractivity contribution in [1.82, 2.24) is 10.3 Å². The van der Waals surface area contributed by atoms with Crippen molar-refractivity contribution in [2.24, 2.45) is 0 Å². The van der Waals surface area contributed by atoms with E-state index in [1.165, 1.54) is 24.4 Å². The van der Waals surface area contributed by atoms with Gasteiger partial charge in [0.15, 0.2) is 0 Å². The largest absolute Gasteiger partial charge is 0.404 e. The Morgan fingerprint density at radius 1 is 1.28 bits per heavy atom. The summed E-state index contributed by atoms with van der Waals surface area (Å²) in [7, 11) is 0. The van der Waals surface area contributed by atoms with Crippen molar-refractivity contribution in [3.8, 4) is 0 Å². The van der Waals surface area contributed by atoms with Crippen LogP contribution >= 0.6 is 0 Å². The molecule has 8 heteroatoms. The van der Waals surface area contributed by atoms with Crippen molar-refractivity contribution >= 4 is 17.4 Å². The molecular formula is C17H15F4N3O. The molecule has 1 aromatic heterocycles. The Bertz CT molecular complexity index is 822. The van der Waals surface area contributed by atoms with Crippen molar-refractivity contribution in [3.05, 3.63) is 53.5 Å². The van der Waals surface area contributed by atoms with Gasteiger partial charge in [-0.3, -0.25) is 4.79 Å². The molecule has 2 aromatic rings. The number of benzene rings is 1. The zero-order valence-electron chi connectivity index (χ0n) is 13.2. The smallest absolute Gasteiger partial charge is 0.355 e. The number of hydrogen-bond donors (Lipinski definition) is 2. The minimum atomic E-state index is -4.78. The van der Waals surface area contributed by atoms with Crippen LogP contribution in [0.1, 0.15) is 24.5 Å². The number of amides is 1. The third-order valence-corrected chi connectivity index (χ3v) is 4.32. The molecule has 1 aromatic carbocycles. The van der Waals surface area contributed by atoms with E-state index in [1.54, 1.807) is 6.92 Å². The number of carbonyl (C=O) groups excluding carboxylic acids is 1. The zero-order valence-corrected chi connectivity index (χ0v) is 13.2. The van der Waals surface area contributed by atoms with Gasteiger partial charge < -0.3 is 10.6 Å². The Labute approximate surface area is 141 Å². The minimum absolute atomic E-state index is 0.0321. The molecule has 4 nitrogen and oxygen atoms in total. The molecule has 0 spiro atoms. The second-order valence-electron chi connectivity index (χ2n) is 5.75. The molecule has 25 heavy (non-hydrogen) atoms. The zero-order chi connectivity index (χ0) is 18.2. The SMILES string of the molecule is CCC(=O)NCC1(C(F)(F)F)c2cc(F)ccc2Nc2ncccc21. The van der Waals surface area contributed by atoms with Crippen molar-refractivity contribution < 1.29 is 22.4 Å². The summed E-state index contributed by atoms with van der Waals surface area (Å²) in [5.74, 6) is -1.28. The van der Waals surface area contributed by atoms with E-state index < -0.39 is 29.9 Å². The van der Waals surface area contributed by atoms with E-state index in [4.69, 9.17) is 0 Å². The summed E-state index contributed by atoms with van der Waals surface area (Å²) in [6.45, 7) is 0.807. The molecule has 1 atom stereocenters. The van der Waals surface area contributed by atoms with E-state index in [-0.39, 0.29) is 29.1 Å². The van der Waals surface area contributed by atoms with Crippen LogP contribution in [0.15, 0.2) is 36.5 Å². The average molecular weight is 353 g/mol. The molecule has 0 saturated heterocycles. The van der Waals surface area contributed by atoms with Crippen LogP contribution in [0.4, 0.5) is 29.1 Å². The second-order valence-corrected chi connectivity index (χ2v) is 5.75. The predicted molar refractivity (Wildman–Crippen MR) is 84.1 cm³/mol. The number of fused-ring (bicyclic) bond motifs is 2. The first-order chi connectivity index (χ1) is 11.8. The Morgan fingerprint density at radius 2 is 2.04 bits per heavy atom. The number of nitrogens with one attached hydrogen (secondary N) is 2. The number of rotatable bonds is 3. The lowest BCUT2D eigenvalue weighted by atomic mass is 9.71. The van der Waals surface area contributed by atoms with Gasteiger partial charge in [-0.25, -0.2) is 9.37 Å². The molecule has 3 rings (SSSR count). The number of halogens is 4. The molecule has 132 valence electrons. The quantitative estimate of drug-likeness (QED) is 0.828. The molecular weight excluding hydrogens is 338 g/mol. The van der Waals surface area contributed by atoms with Gasteiger partial charge in [-0.2, -0.15) is 13.2 Å². The van der Waals surface area contributed by atoms with Gasteiger partial charge in [-0.05, 0) is 24.3 Å². The van der Waals surface area contributed by atoms with Crippen molar-refractivity contribution in [2.75, 3.05) is 11.9 Å². The maximum Gasteiger partial charge on any atom is 0.404 e. The van der Waals surface area contributed by atoms with Crippen LogP contribution in [-0.2, 0) is 10.2 Å². The maximum absolute atomic E-state index is 14.3. The van der Waals surface area contributed by atoms with Crippen LogP contribution in [0.5, 0.6) is 0 Å².